The second-order valence-corrected chi connectivity index (χ2v) is 7.02. The Morgan fingerprint density at radius 2 is 1.58 bits per heavy atom. The summed E-state index contributed by atoms with van der Waals surface area (Å²) in [6, 6.07) is 23.8. The Labute approximate surface area is 181 Å². The van der Waals surface area contributed by atoms with Crippen LogP contribution < -0.4 is 16.8 Å². The number of aromatic nitrogens is 3. The van der Waals surface area contributed by atoms with Gasteiger partial charge >= 0.3 is 0 Å². The molecule has 0 aliphatic rings. The number of hydrogen-bond acceptors (Lipinski definition) is 7. The summed E-state index contributed by atoms with van der Waals surface area (Å²) in [5.74, 6) is 0.466. The molecule has 5 N–H and O–H groups in total. The zero-order valence-electron chi connectivity index (χ0n) is 17.0. The van der Waals surface area contributed by atoms with E-state index >= 15 is 0 Å². The quantitative estimate of drug-likeness (QED) is 0.400. The molecule has 7 nitrogen and oxygen atoms in total. The minimum Gasteiger partial charge on any atom is -0.383 e. The number of pyridine rings is 1. The van der Waals surface area contributed by atoms with Crippen LogP contribution in [0, 0.1) is 0 Å². The molecule has 2 heterocycles. The van der Waals surface area contributed by atoms with Gasteiger partial charge in [0.15, 0.2) is 0 Å². The largest absolute Gasteiger partial charge is 0.383 e. The van der Waals surface area contributed by atoms with E-state index in [4.69, 9.17) is 16.2 Å². The van der Waals surface area contributed by atoms with E-state index in [-0.39, 0.29) is 12.6 Å². The molecular weight excluding hydrogens is 388 g/mol. The van der Waals surface area contributed by atoms with Crippen molar-refractivity contribution in [3.8, 4) is 11.1 Å². The highest BCUT2D eigenvalue weighted by Gasteiger charge is 2.14. The molecule has 0 aliphatic heterocycles. The number of nitrogens with one attached hydrogen (secondary N) is 1. The van der Waals surface area contributed by atoms with Crippen LogP contribution in [0.2, 0.25) is 0 Å². The molecule has 0 saturated heterocycles. The first-order valence-corrected chi connectivity index (χ1v) is 9.97. The van der Waals surface area contributed by atoms with Crippen LogP contribution in [0.1, 0.15) is 17.0 Å². The third-order valence-electron chi connectivity index (χ3n) is 4.75. The van der Waals surface area contributed by atoms with Crippen LogP contribution in [0.25, 0.3) is 11.1 Å². The second kappa shape index (κ2) is 9.69. The van der Waals surface area contributed by atoms with Gasteiger partial charge in [-0.2, -0.15) is 4.98 Å². The van der Waals surface area contributed by atoms with Crippen molar-refractivity contribution in [3.63, 3.8) is 0 Å². The summed E-state index contributed by atoms with van der Waals surface area (Å²) >= 11 is 0. The first kappa shape index (κ1) is 20.3. The highest BCUT2D eigenvalue weighted by atomic mass is 16.5. The summed E-state index contributed by atoms with van der Waals surface area (Å²) < 4.78 is 5.87. The minimum atomic E-state index is 0.133. The van der Waals surface area contributed by atoms with Crippen LogP contribution in [-0.4, -0.2) is 15.0 Å². The number of ether oxygens (including phenoxy) is 1. The average Bonchev–Trinajstić information content (AvgIpc) is 2.79. The molecule has 31 heavy (non-hydrogen) atoms. The Balaban J connectivity index is 1.48. The Morgan fingerprint density at radius 1 is 0.806 bits per heavy atom. The van der Waals surface area contributed by atoms with Gasteiger partial charge in [0.2, 0.25) is 5.95 Å². The number of nitrogens with zero attached hydrogens (tertiary/aromatic N) is 3. The lowest BCUT2D eigenvalue weighted by molar-refractivity contribution is 0.105. The van der Waals surface area contributed by atoms with Crippen LogP contribution in [0.15, 0.2) is 79.0 Å². The van der Waals surface area contributed by atoms with Crippen LogP contribution in [0.5, 0.6) is 0 Å². The Bertz CT molecular complexity index is 1120. The van der Waals surface area contributed by atoms with Crippen molar-refractivity contribution in [3.05, 3.63) is 95.9 Å². The fourth-order valence-electron chi connectivity index (χ4n) is 3.26. The lowest BCUT2D eigenvalue weighted by atomic mass is 10.0. The fraction of sp³-hybridized carbons (Fsp3) is 0.125. The first-order chi connectivity index (χ1) is 15.2. The third-order valence-corrected chi connectivity index (χ3v) is 4.75. The lowest BCUT2D eigenvalue weighted by Crippen LogP contribution is -2.08. The van der Waals surface area contributed by atoms with Crippen molar-refractivity contribution >= 4 is 17.5 Å². The van der Waals surface area contributed by atoms with Crippen LogP contribution >= 0.6 is 0 Å². The molecule has 0 radical (unpaired) electrons. The summed E-state index contributed by atoms with van der Waals surface area (Å²) in [5, 5.41) is 3.36. The topological polar surface area (TPSA) is 112 Å². The van der Waals surface area contributed by atoms with Crippen LogP contribution in [0.4, 0.5) is 17.5 Å². The molecule has 0 spiro atoms. The summed E-state index contributed by atoms with van der Waals surface area (Å²) in [5.41, 5.74) is 17.4. The molecule has 0 amide bonds. The van der Waals surface area contributed by atoms with E-state index in [0.29, 0.717) is 24.7 Å². The molecule has 0 unspecified atom stereocenters. The molecular formula is C24H24N6O. The van der Waals surface area contributed by atoms with E-state index in [1.54, 1.807) is 6.20 Å². The Hall–Kier alpha value is -3.97. The van der Waals surface area contributed by atoms with Crippen molar-refractivity contribution in [2.45, 2.75) is 19.8 Å². The van der Waals surface area contributed by atoms with Crippen LogP contribution in [0.3, 0.4) is 0 Å². The molecule has 0 saturated carbocycles. The maximum Gasteiger partial charge on any atom is 0.222 e. The van der Waals surface area contributed by atoms with Gasteiger partial charge in [-0.25, -0.2) is 4.98 Å². The first-order valence-electron chi connectivity index (χ1n) is 9.97. The molecule has 0 atom stereocenters. The number of rotatable bonds is 8. The van der Waals surface area contributed by atoms with Gasteiger partial charge in [-0.05, 0) is 35.4 Å². The van der Waals surface area contributed by atoms with Crippen molar-refractivity contribution in [2.24, 2.45) is 0 Å². The molecule has 0 aliphatic carbocycles. The molecule has 156 valence electrons. The Morgan fingerprint density at radius 3 is 2.32 bits per heavy atom. The molecule has 7 heteroatoms. The normalized spacial score (nSPS) is 10.7. The number of nitrogen functional groups attached to an aromatic ring is 2. The smallest absolute Gasteiger partial charge is 0.222 e. The Kier molecular flexibility index (Phi) is 6.35. The minimum absolute atomic E-state index is 0.133. The predicted molar refractivity (Wildman–Crippen MR) is 123 cm³/mol. The van der Waals surface area contributed by atoms with Gasteiger partial charge in [-0.3, -0.25) is 4.98 Å². The van der Waals surface area contributed by atoms with Crippen molar-refractivity contribution in [1.29, 1.82) is 0 Å². The number of hydrogen-bond donors (Lipinski definition) is 3. The summed E-state index contributed by atoms with van der Waals surface area (Å²) in [4.78, 5) is 12.8. The molecule has 4 aromatic rings. The highest BCUT2D eigenvalue weighted by molar-refractivity contribution is 5.77. The van der Waals surface area contributed by atoms with Crippen LogP contribution in [-0.2, 0) is 24.5 Å². The van der Waals surface area contributed by atoms with E-state index in [1.165, 1.54) is 0 Å². The SMILES string of the molecule is Nc1nc(N)c(-c2ccc(NCc3ccccn3)cc2)c(COCc2ccccc2)n1. The van der Waals surface area contributed by atoms with E-state index in [9.17, 15) is 0 Å². The molecule has 0 fully saturated rings. The van der Waals surface area contributed by atoms with E-state index in [2.05, 4.69) is 20.3 Å². The second-order valence-electron chi connectivity index (χ2n) is 7.02. The third kappa shape index (κ3) is 5.34. The van der Waals surface area contributed by atoms with Gasteiger partial charge in [0.05, 0.1) is 31.1 Å². The summed E-state index contributed by atoms with van der Waals surface area (Å²) in [7, 11) is 0. The molecule has 2 aromatic carbocycles. The van der Waals surface area contributed by atoms with Gasteiger partial charge in [-0.15, -0.1) is 0 Å². The maximum absolute atomic E-state index is 6.20. The van der Waals surface area contributed by atoms with Gasteiger partial charge in [0.1, 0.15) is 5.82 Å². The van der Waals surface area contributed by atoms with Gasteiger partial charge in [-0.1, -0.05) is 48.5 Å². The van der Waals surface area contributed by atoms with E-state index in [0.717, 1.165) is 28.1 Å². The van der Waals surface area contributed by atoms with E-state index in [1.807, 2.05) is 72.8 Å². The summed E-state index contributed by atoms with van der Waals surface area (Å²) in [6.45, 7) is 1.40. The predicted octanol–water partition coefficient (Wildman–Crippen LogP) is 4.03. The fourth-order valence-corrected chi connectivity index (χ4v) is 3.26. The maximum atomic E-state index is 6.20. The number of benzene rings is 2. The monoisotopic (exact) mass is 412 g/mol. The van der Waals surface area contributed by atoms with Crippen molar-refractivity contribution < 1.29 is 4.74 Å². The zero-order chi connectivity index (χ0) is 21.5. The number of anilines is 3. The van der Waals surface area contributed by atoms with Crippen molar-refractivity contribution in [1.82, 2.24) is 15.0 Å². The average molecular weight is 412 g/mol. The lowest BCUT2D eigenvalue weighted by Gasteiger charge is -2.13. The molecule has 0 bridgehead atoms. The highest BCUT2D eigenvalue weighted by Crippen LogP contribution is 2.30. The van der Waals surface area contributed by atoms with Gasteiger partial charge in [0, 0.05) is 17.4 Å². The van der Waals surface area contributed by atoms with Crippen molar-refractivity contribution in [2.75, 3.05) is 16.8 Å². The zero-order valence-corrected chi connectivity index (χ0v) is 17.0. The van der Waals surface area contributed by atoms with E-state index < -0.39 is 0 Å². The summed E-state index contributed by atoms with van der Waals surface area (Å²) in [6.07, 6.45) is 1.78. The standard InChI is InChI=1S/C24H24N6O/c25-23-22(18-9-11-19(12-10-18)28-14-20-8-4-5-13-27-20)21(29-24(26)30-23)16-31-15-17-6-2-1-3-7-17/h1-13,28H,14-16H2,(H4,25,26,29,30). The van der Waals surface area contributed by atoms with Gasteiger partial charge in [0.25, 0.3) is 0 Å². The molecule has 2 aromatic heterocycles. The number of nitrogens with two attached hydrogens (primary N) is 2. The molecule has 4 rings (SSSR count). The van der Waals surface area contributed by atoms with Gasteiger partial charge < -0.3 is 21.5 Å².